The van der Waals surface area contributed by atoms with Crippen molar-refractivity contribution >= 4 is 6.08 Å². The van der Waals surface area contributed by atoms with E-state index in [0.717, 1.165) is 5.92 Å². The van der Waals surface area contributed by atoms with Crippen LogP contribution in [0.1, 0.15) is 50.2 Å². The van der Waals surface area contributed by atoms with Crippen LogP contribution in [-0.2, 0) is 0 Å². The molecule has 2 rings (SSSR count). The predicted molar refractivity (Wildman–Crippen MR) is 79.9 cm³/mol. The zero-order chi connectivity index (χ0) is 12.8. The van der Waals surface area contributed by atoms with Gasteiger partial charge in [0, 0.05) is 6.54 Å². The summed E-state index contributed by atoms with van der Waals surface area (Å²) in [5, 5.41) is 0. The molecular weight excluding hydrogens is 218 g/mol. The Morgan fingerprint density at radius 1 is 1.39 bits per heavy atom. The third kappa shape index (κ3) is 3.46. The van der Waals surface area contributed by atoms with Crippen molar-refractivity contribution in [1.29, 1.82) is 0 Å². The standard InChI is InChI=1S/C17H25N/c1-3-7-15-8-5-9-16(13-15)17-10-6-12-18(14-17)11-4-2/h3,5,7-9,13,17H,4,6,10-12,14H2,1-2H3/b7-3+/t17-/m1/s1. The lowest BCUT2D eigenvalue weighted by Crippen LogP contribution is -2.34. The molecule has 1 heteroatoms. The highest BCUT2D eigenvalue weighted by Gasteiger charge is 2.20. The number of allylic oxidation sites excluding steroid dienone is 1. The average Bonchev–Trinajstić information content (AvgIpc) is 2.40. The van der Waals surface area contributed by atoms with Crippen molar-refractivity contribution in [2.75, 3.05) is 19.6 Å². The van der Waals surface area contributed by atoms with Gasteiger partial charge in [-0.2, -0.15) is 0 Å². The molecule has 1 aromatic carbocycles. The first-order valence-electron chi connectivity index (χ1n) is 7.28. The van der Waals surface area contributed by atoms with Gasteiger partial charge in [-0.3, -0.25) is 0 Å². The summed E-state index contributed by atoms with van der Waals surface area (Å²) in [5.41, 5.74) is 2.86. The molecule has 98 valence electrons. The molecule has 1 heterocycles. The van der Waals surface area contributed by atoms with Gasteiger partial charge in [0.25, 0.3) is 0 Å². The van der Waals surface area contributed by atoms with E-state index in [1.165, 1.54) is 50.0 Å². The van der Waals surface area contributed by atoms with E-state index in [-0.39, 0.29) is 0 Å². The molecule has 0 N–H and O–H groups in total. The number of nitrogens with zero attached hydrogens (tertiary/aromatic N) is 1. The van der Waals surface area contributed by atoms with E-state index in [2.05, 4.69) is 55.2 Å². The highest BCUT2D eigenvalue weighted by molar-refractivity contribution is 5.50. The van der Waals surface area contributed by atoms with E-state index in [0.29, 0.717) is 0 Å². The molecule has 1 aliphatic heterocycles. The molecule has 0 amide bonds. The van der Waals surface area contributed by atoms with Gasteiger partial charge in [-0.15, -0.1) is 0 Å². The van der Waals surface area contributed by atoms with E-state index in [4.69, 9.17) is 0 Å². The molecule has 0 bridgehead atoms. The number of hydrogen-bond donors (Lipinski definition) is 0. The predicted octanol–water partition coefficient (Wildman–Crippen LogP) is 4.31. The highest BCUT2D eigenvalue weighted by atomic mass is 15.1. The molecule has 1 atom stereocenters. The number of likely N-dealkylation sites (tertiary alicyclic amines) is 1. The van der Waals surface area contributed by atoms with Crippen molar-refractivity contribution in [2.45, 2.75) is 39.0 Å². The first-order valence-corrected chi connectivity index (χ1v) is 7.28. The molecule has 0 radical (unpaired) electrons. The second-order valence-electron chi connectivity index (χ2n) is 5.31. The smallest absolute Gasteiger partial charge is 0.00503 e. The van der Waals surface area contributed by atoms with Crippen molar-refractivity contribution in [2.24, 2.45) is 0 Å². The SMILES string of the molecule is C/C=C/c1cccc([C@@H]2CCCN(CCC)C2)c1. The molecule has 0 saturated carbocycles. The molecule has 1 aromatic rings. The Morgan fingerprint density at radius 2 is 2.28 bits per heavy atom. The van der Waals surface area contributed by atoms with Gasteiger partial charge in [-0.25, -0.2) is 0 Å². The summed E-state index contributed by atoms with van der Waals surface area (Å²) in [6.45, 7) is 8.14. The fourth-order valence-corrected chi connectivity index (χ4v) is 2.96. The van der Waals surface area contributed by atoms with Crippen LogP contribution in [0, 0.1) is 0 Å². The number of piperidine rings is 1. The van der Waals surface area contributed by atoms with Gasteiger partial charge in [-0.1, -0.05) is 43.3 Å². The van der Waals surface area contributed by atoms with E-state index in [9.17, 15) is 0 Å². The van der Waals surface area contributed by atoms with Gasteiger partial charge in [0.2, 0.25) is 0 Å². The van der Waals surface area contributed by atoms with E-state index < -0.39 is 0 Å². The Hall–Kier alpha value is -1.08. The van der Waals surface area contributed by atoms with Crippen LogP contribution in [0.2, 0.25) is 0 Å². The summed E-state index contributed by atoms with van der Waals surface area (Å²) in [6, 6.07) is 9.05. The molecule has 0 spiro atoms. The van der Waals surface area contributed by atoms with E-state index >= 15 is 0 Å². The molecule has 0 aliphatic carbocycles. The van der Waals surface area contributed by atoms with Crippen LogP contribution in [0.3, 0.4) is 0 Å². The van der Waals surface area contributed by atoms with Crippen LogP contribution in [0.4, 0.5) is 0 Å². The second kappa shape index (κ2) is 6.75. The van der Waals surface area contributed by atoms with Crippen LogP contribution in [0.25, 0.3) is 6.08 Å². The summed E-state index contributed by atoms with van der Waals surface area (Å²) >= 11 is 0. The first kappa shape index (κ1) is 13.4. The number of hydrogen-bond acceptors (Lipinski definition) is 1. The summed E-state index contributed by atoms with van der Waals surface area (Å²) in [5.74, 6) is 0.732. The normalized spacial score (nSPS) is 21.6. The third-order valence-corrected chi connectivity index (χ3v) is 3.79. The lowest BCUT2D eigenvalue weighted by molar-refractivity contribution is 0.208. The van der Waals surface area contributed by atoms with Crippen molar-refractivity contribution in [3.63, 3.8) is 0 Å². The molecule has 0 aromatic heterocycles. The Balaban J connectivity index is 2.08. The molecule has 18 heavy (non-hydrogen) atoms. The lowest BCUT2D eigenvalue weighted by atomic mass is 9.89. The fourth-order valence-electron chi connectivity index (χ4n) is 2.96. The minimum atomic E-state index is 0.732. The topological polar surface area (TPSA) is 3.24 Å². The molecule has 1 nitrogen and oxygen atoms in total. The van der Waals surface area contributed by atoms with Crippen LogP contribution in [-0.4, -0.2) is 24.5 Å². The maximum Gasteiger partial charge on any atom is 0.00503 e. The zero-order valence-electron chi connectivity index (χ0n) is 11.7. The maximum absolute atomic E-state index is 2.62. The van der Waals surface area contributed by atoms with Crippen molar-refractivity contribution in [1.82, 2.24) is 4.90 Å². The number of benzene rings is 1. The molecule has 1 fully saturated rings. The molecular formula is C17H25N. The molecule has 1 aliphatic rings. The summed E-state index contributed by atoms with van der Waals surface area (Å²) in [4.78, 5) is 2.62. The summed E-state index contributed by atoms with van der Waals surface area (Å²) in [6.07, 6.45) is 8.27. The van der Waals surface area contributed by atoms with Crippen LogP contribution in [0.15, 0.2) is 30.3 Å². The van der Waals surface area contributed by atoms with Crippen LogP contribution in [0.5, 0.6) is 0 Å². The number of rotatable bonds is 4. The minimum absolute atomic E-state index is 0.732. The van der Waals surface area contributed by atoms with Crippen molar-refractivity contribution in [3.8, 4) is 0 Å². The minimum Gasteiger partial charge on any atom is -0.303 e. The first-order chi connectivity index (χ1) is 8.83. The monoisotopic (exact) mass is 243 g/mol. The van der Waals surface area contributed by atoms with Gasteiger partial charge in [-0.05, 0) is 56.3 Å². The van der Waals surface area contributed by atoms with E-state index in [1.807, 2.05) is 0 Å². The summed E-state index contributed by atoms with van der Waals surface area (Å²) in [7, 11) is 0. The Bertz CT molecular complexity index is 392. The van der Waals surface area contributed by atoms with Crippen molar-refractivity contribution in [3.05, 3.63) is 41.5 Å². The fraction of sp³-hybridized carbons (Fsp3) is 0.529. The van der Waals surface area contributed by atoms with Crippen LogP contribution < -0.4 is 0 Å². The Labute approximate surface area is 112 Å². The zero-order valence-corrected chi connectivity index (χ0v) is 11.7. The quantitative estimate of drug-likeness (QED) is 0.761. The van der Waals surface area contributed by atoms with Crippen molar-refractivity contribution < 1.29 is 0 Å². The second-order valence-corrected chi connectivity index (χ2v) is 5.31. The third-order valence-electron chi connectivity index (χ3n) is 3.79. The van der Waals surface area contributed by atoms with Gasteiger partial charge < -0.3 is 4.90 Å². The molecule has 0 unspecified atom stereocenters. The largest absolute Gasteiger partial charge is 0.303 e. The van der Waals surface area contributed by atoms with Gasteiger partial charge in [0.15, 0.2) is 0 Å². The average molecular weight is 243 g/mol. The lowest BCUT2D eigenvalue weighted by Gasteiger charge is -2.32. The van der Waals surface area contributed by atoms with Gasteiger partial charge in [0.05, 0.1) is 0 Å². The van der Waals surface area contributed by atoms with Gasteiger partial charge in [0.1, 0.15) is 0 Å². The van der Waals surface area contributed by atoms with Crippen LogP contribution >= 0.6 is 0 Å². The van der Waals surface area contributed by atoms with E-state index in [1.54, 1.807) is 0 Å². The Morgan fingerprint density at radius 3 is 3.06 bits per heavy atom. The Kier molecular flexibility index (Phi) is 5.00. The molecule has 1 saturated heterocycles. The highest BCUT2D eigenvalue weighted by Crippen LogP contribution is 2.27. The summed E-state index contributed by atoms with van der Waals surface area (Å²) < 4.78 is 0. The maximum atomic E-state index is 2.62. The van der Waals surface area contributed by atoms with Gasteiger partial charge >= 0.3 is 0 Å².